The van der Waals surface area contributed by atoms with Gasteiger partial charge in [0.25, 0.3) is 0 Å². The molecule has 0 heterocycles. The van der Waals surface area contributed by atoms with Gasteiger partial charge >= 0.3 is 0 Å². The number of hydrogen-bond donors (Lipinski definition) is 3. The van der Waals surface area contributed by atoms with Gasteiger partial charge in [-0.05, 0) is 18.1 Å². The molecule has 1 unspecified atom stereocenters. The third kappa shape index (κ3) is 5.53. The van der Waals surface area contributed by atoms with Crippen LogP contribution in [0.4, 0.5) is 4.39 Å². The van der Waals surface area contributed by atoms with Crippen LogP contribution in [0.2, 0.25) is 0 Å². The van der Waals surface area contributed by atoms with Crippen molar-refractivity contribution in [1.82, 2.24) is 10.0 Å². The second kappa shape index (κ2) is 9.04. The first-order valence-corrected chi connectivity index (χ1v) is 8.02. The molecule has 126 valence electrons. The maximum Gasteiger partial charge on any atom is 0.244 e. The van der Waals surface area contributed by atoms with Crippen LogP contribution < -0.4 is 15.8 Å². The van der Waals surface area contributed by atoms with Crippen molar-refractivity contribution in [1.29, 1.82) is 0 Å². The van der Waals surface area contributed by atoms with Crippen molar-refractivity contribution in [3.05, 3.63) is 30.1 Å². The molecule has 1 rings (SSSR count). The zero-order valence-corrected chi connectivity index (χ0v) is 14.0. The molecule has 1 aromatic carbocycles. The quantitative estimate of drug-likeness (QED) is 0.669. The Kier molecular flexibility index (Phi) is 8.54. The van der Waals surface area contributed by atoms with Gasteiger partial charge in [-0.15, -0.1) is 12.4 Å². The maximum atomic E-state index is 13.6. The van der Waals surface area contributed by atoms with Crippen molar-refractivity contribution >= 4 is 28.3 Å². The Hall–Kier alpha value is -1.22. The highest BCUT2D eigenvalue weighted by Crippen LogP contribution is 2.15. The SMILES string of the molecule is CC(C)C(NS(=O)(=O)c1ccccc1F)C(=O)NCCN.Cl. The zero-order valence-electron chi connectivity index (χ0n) is 12.4. The highest BCUT2D eigenvalue weighted by atomic mass is 35.5. The molecule has 0 aliphatic heterocycles. The first-order chi connectivity index (χ1) is 9.79. The van der Waals surface area contributed by atoms with E-state index in [2.05, 4.69) is 10.0 Å². The molecule has 0 bridgehead atoms. The van der Waals surface area contributed by atoms with E-state index >= 15 is 0 Å². The summed E-state index contributed by atoms with van der Waals surface area (Å²) >= 11 is 0. The van der Waals surface area contributed by atoms with E-state index in [4.69, 9.17) is 5.73 Å². The fraction of sp³-hybridized carbons (Fsp3) is 0.462. The summed E-state index contributed by atoms with van der Waals surface area (Å²) in [6.45, 7) is 3.87. The molecule has 0 fully saturated rings. The van der Waals surface area contributed by atoms with Crippen molar-refractivity contribution < 1.29 is 17.6 Å². The number of hydrogen-bond acceptors (Lipinski definition) is 4. The van der Waals surface area contributed by atoms with E-state index in [1.165, 1.54) is 12.1 Å². The number of rotatable bonds is 7. The smallest absolute Gasteiger partial charge is 0.244 e. The second-order valence-corrected chi connectivity index (χ2v) is 6.54. The molecule has 1 amide bonds. The molecule has 0 radical (unpaired) electrons. The lowest BCUT2D eigenvalue weighted by Gasteiger charge is -2.21. The summed E-state index contributed by atoms with van der Waals surface area (Å²) < 4.78 is 40.2. The normalized spacial score (nSPS) is 12.6. The summed E-state index contributed by atoms with van der Waals surface area (Å²) in [5.74, 6) is -1.66. The standard InChI is InChI=1S/C13H20FN3O3S.ClH/c1-9(2)12(13(18)16-8-7-15)17-21(19,20)11-6-4-3-5-10(11)14;/h3-6,9,12,17H,7-8,15H2,1-2H3,(H,16,18);1H. The zero-order chi connectivity index (χ0) is 16.0. The fourth-order valence-electron chi connectivity index (χ4n) is 1.69. The summed E-state index contributed by atoms with van der Waals surface area (Å²) in [6.07, 6.45) is 0. The van der Waals surface area contributed by atoms with Crippen molar-refractivity contribution in [3.63, 3.8) is 0 Å². The van der Waals surface area contributed by atoms with Crippen LogP contribution in [-0.4, -0.2) is 33.5 Å². The average molecular weight is 354 g/mol. The third-order valence-corrected chi connectivity index (χ3v) is 4.28. The van der Waals surface area contributed by atoms with Gasteiger partial charge in [-0.25, -0.2) is 12.8 Å². The van der Waals surface area contributed by atoms with Crippen LogP contribution in [0.5, 0.6) is 0 Å². The molecule has 22 heavy (non-hydrogen) atoms. The Balaban J connectivity index is 0.00000441. The minimum Gasteiger partial charge on any atom is -0.353 e. The highest BCUT2D eigenvalue weighted by molar-refractivity contribution is 7.89. The lowest BCUT2D eigenvalue weighted by Crippen LogP contribution is -2.50. The Morgan fingerprint density at radius 2 is 1.91 bits per heavy atom. The predicted molar refractivity (Wildman–Crippen MR) is 84.7 cm³/mol. The van der Waals surface area contributed by atoms with E-state index < -0.39 is 32.7 Å². The van der Waals surface area contributed by atoms with Gasteiger partial charge in [-0.3, -0.25) is 4.79 Å². The minimum atomic E-state index is -4.12. The van der Waals surface area contributed by atoms with Crippen LogP contribution in [-0.2, 0) is 14.8 Å². The van der Waals surface area contributed by atoms with Gasteiger partial charge in [-0.1, -0.05) is 26.0 Å². The van der Waals surface area contributed by atoms with Crippen LogP contribution in [0.1, 0.15) is 13.8 Å². The van der Waals surface area contributed by atoms with Gasteiger partial charge in [0.05, 0.1) is 0 Å². The van der Waals surface area contributed by atoms with Gasteiger partial charge in [-0.2, -0.15) is 4.72 Å². The van der Waals surface area contributed by atoms with Crippen LogP contribution in [0, 0.1) is 11.7 Å². The molecular formula is C13H21ClFN3O3S. The van der Waals surface area contributed by atoms with E-state index in [0.29, 0.717) is 0 Å². The number of halogens is 2. The summed E-state index contributed by atoms with van der Waals surface area (Å²) in [4.78, 5) is 11.5. The van der Waals surface area contributed by atoms with Crippen LogP contribution in [0.15, 0.2) is 29.2 Å². The Labute approximate surface area is 136 Å². The molecule has 1 aromatic rings. The monoisotopic (exact) mass is 353 g/mol. The molecule has 0 aliphatic rings. The van der Waals surface area contributed by atoms with Gasteiger partial charge in [0.15, 0.2) is 0 Å². The molecule has 6 nitrogen and oxygen atoms in total. The van der Waals surface area contributed by atoms with E-state index in [0.717, 1.165) is 12.1 Å². The predicted octanol–water partition coefficient (Wildman–Crippen LogP) is 0.625. The van der Waals surface area contributed by atoms with Gasteiger partial charge in [0.1, 0.15) is 16.8 Å². The second-order valence-electron chi connectivity index (χ2n) is 4.85. The lowest BCUT2D eigenvalue weighted by atomic mass is 10.1. The summed E-state index contributed by atoms with van der Waals surface area (Å²) in [5.41, 5.74) is 5.29. The minimum absolute atomic E-state index is 0. The van der Waals surface area contributed by atoms with Gasteiger partial charge < -0.3 is 11.1 Å². The largest absolute Gasteiger partial charge is 0.353 e. The van der Waals surface area contributed by atoms with Gasteiger partial charge in [0.2, 0.25) is 15.9 Å². The maximum absolute atomic E-state index is 13.6. The third-order valence-electron chi connectivity index (χ3n) is 2.80. The fourth-order valence-corrected chi connectivity index (χ4v) is 3.11. The van der Waals surface area contributed by atoms with Crippen molar-refractivity contribution in [2.75, 3.05) is 13.1 Å². The molecule has 4 N–H and O–H groups in total. The van der Waals surface area contributed by atoms with Crippen LogP contribution in [0.3, 0.4) is 0 Å². The first-order valence-electron chi connectivity index (χ1n) is 6.54. The summed E-state index contributed by atoms with van der Waals surface area (Å²) in [5, 5.41) is 2.52. The van der Waals surface area contributed by atoms with E-state index in [9.17, 15) is 17.6 Å². The highest BCUT2D eigenvalue weighted by Gasteiger charge is 2.29. The molecule has 0 aromatic heterocycles. The molecule has 0 saturated heterocycles. The number of amides is 1. The Bertz CT molecular complexity index is 596. The molecule has 1 atom stereocenters. The topological polar surface area (TPSA) is 101 Å². The summed E-state index contributed by atoms with van der Waals surface area (Å²) in [7, 11) is -4.12. The Morgan fingerprint density at radius 3 is 2.41 bits per heavy atom. The number of nitrogens with two attached hydrogens (primary N) is 1. The van der Waals surface area contributed by atoms with E-state index in [-0.39, 0.29) is 31.4 Å². The molecule has 0 saturated carbocycles. The first kappa shape index (κ1) is 20.8. The Morgan fingerprint density at radius 1 is 1.32 bits per heavy atom. The molecular weight excluding hydrogens is 333 g/mol. The molecule has 0 aliphatic carbocycles. The average Bonchev–Trinajstić information content (AvgIpc) is 2.42. The molecule has 9 heteroatoms. The number of carbonyl (C=O) groups is 1. The number of nitrogens with one attached hydrogen (secondary N) is 2. The van der Waals surface area contributed by atoms with Crippen LogP contribution in [0.25, 0.3) is 0 Å². The lowest BCUT2D eigenvalue weighted by molar-refractivity contribution is -0.123. The van der Waals surface area contributed by atoms with Gasteiger partial charge in [0, 0.05) is 13.1 Å². The van der Waals surface area contributed by atoms with Crippen molar-refractivity contribution in [2.45, 2.75) is 24.8 Å². The number of carbonyl (C=O) groups excluding carboxylic acids is 1. The van der Waals surface area contributed by atoms with Crippen molar-refractivity contribution in [2.24, 2.45) is 11.7 Å². The molecule has 0 spiro atoms. The number of sulfonamides is 1. The summed E-state index contributed by atoms with van der Waals surface area (Å²) in [6, 6.07) is 4.00. The van der Waals surface area contributed by atoms with E-state index in [1.807, 2.05) is 0 Å². The van der Waals surface area contributed by atoms with Crippen molar-refractivity contribution in [3.8, 4) is 0 Å². The van der Waals surface area contributed by atoms with Crippen LogP contribution >= 0.6 is 12.4 Å². The number of benzene rings is 1. The van der Waals surface area contributed by atoms with E-state index in [1.54, 1.807) is 13.8 Å².